The van der Waals surface area contributed by atoms with E-state index in [0.29, 0.717) is 11.6 Å². The molecule has 3 rings (SSSR count). The zero-order valence-corrected chi connectivity index (χ0v) is 10.3. The van der Waals surface area contributed by atoms with Crippen molar-refractivity contribution in [3.8, 4) is 11.3 Å². The third-order valence-corrected chi connectivity index (χ3v) is 3.00. The van der Waals surface area contributed by atoms with E-state index in [0.717, 1.165) is 22.6 Å². The van der Waals surface area contributed by atoms with Crippen LogP contribution >= 0.6 is 11.6 Å². The highest BCUT2D eigenvalue weighted by molar-refractivity contribution is 6.30. The fourth-order valence-corrected chi connectivity index (χ4v) is 1.95. The van der Waals surface area contributed by atoms with Crippen molar-refractivity contribution in [1.29, 1.82) is 0 Å². The largest absolute Gasteiger partial charge is 0.325 e. The molecule has 0 bridgehead atoms. The number of halogens is 1. The molecule has 0 atom stereocenters. The van der Waals surface area contributed by atoms with Crippen LogP contribution in [0.3, 0.4) is 0 Å². The lowest BCUT2D eigenvalue weighted by Crippen LogP contribution is -1.95. The molecule has 0 aliphatic carbocycles. The van der Waals surface area contributed by atoms with Gasteiger partial charge in [-0.1, -0.05) is 23.7 Å². The van der Waals surface area contributed by atoms with Gasteiger partial charge in [0.25, 0.3) is 0 Å². The zero-order chi connectivity index (χ0) is 12.5. The van der Waals surface area contributed by atoms with E-state index in [4.69, 9.17) is 17.3 Å². The number of hydrogen-bond acceptors (Lipinski definition) is 3. The lowest BCUT2D eigenvalue weighted by molar-refractivity contribution is 1.01. The Hall–Kier alpha value is -1.91. The van der Waals surface area contributed by atoms with Crippen molar-refractivity contribution < 1.29 is 0 Å². The molecular formula is C13H11ClN4. The Bertz CT molecular complexity index is 688. The second-order valence-corrected chi connectivity index (χ2v) is 4.42. The van der Waals surface area contributed by atoms with Crippen LogP contribution in [0.1, 0.15) is 5.69 Å². The van der Waals surface area contributed by atoms with Crippen LogP contribution in [0.25, 0.3) is 16.9 Å². The molecule has 2 N–H and O–H groups in total. The van der Waals surface area contributed by atoms with E-state index < -0.39 is 0 Å². The minimum Gasteiger partial charge on any atom is -0.325 e. The molecule has 0 radical (unpaired) electrons. The Kier molecular flexibility index (Phi) is 2.74. The second kappa shape index (κ2) is 4.40. The smallest absolute Gasteiger partial charge is 0.140 e. The predicted octanol–water partition coefficient (Wildman–Crippen LogP) is 2.51. The predicted molar refractivity (Wildman–Crippen MR) is 71.3 cm³/mol. The van der Waals surface area contributed by atoms with Gasteiger partial charge < -0.3 is 5.73 Å². The third-order valence-electron chi connectivity index (χ3n) is 2.75. The molecule has 5 heteroatoms. The van der Waals surface area contributed by atoms with Crippen LogP contribution in [0, 0.1) is 0 Å². The lowest BCUT2D eigenvalue weighted by Gasteiger charge is -2.01. The first-order valence-corrected chi connectivity index (χ1v) is 5.94. The Morgan fingerprint density at radius 1 is 1.22 bits per heavy atom. The van der Waals surface area contributed by atoms with Crippen LogP contribution < -0.4 is 5.73 Å². The van der Waals surface area contributed by atoms with Crippen molar-refractivity contribution in [2.75, 3.05) is 0 Å². The molecule has 0 aliphatic rings. The first-order valence-electron chi connectivity index (χ1n) is 5.56. The maximum Gasteiger partial charge on any atom is 0.140 e. The molecule has 3 aromatic rings. The Morgan fingerprint density at radius 2 is 2.00 bits per heavy atom. The fourth-order valence-electron chi connectivity index (χ4n) is 1.82. The van der Waals surface area contributed by atoms with Crippen LogP contribution in [0.15, 0.2) is 42.9 Å². The van der Waals surface area contributed by atoms with Gasteiger partial charge in [-0.3, -0.25) is 4.40 Å². The number of imidazole rings is 1. The molecule has 90 valence electrons. The molecule has 4 nitrogen and oxygen atoms in total. The van der Waals surface area contributed by atoms with Crippen LogP contribution in [0.2, 0.25) is 5.02 Å². The van der Waals surface area contributed by atoms with Crippen molar-refractivity contribution in [3.63, 3.8) is 0 Å². The van der Waals surface area contributed by atoms with Crippen LogP contribution in [-0.4, -0.2) is 14.4 Å². The van der Waals surface area contributed by atoms with E-state index in [2.05, 4.69) is 9.97 Å². The van der Waals surface area contributed by atoms with Crippen molar-refractivity contribution >= 4 is 17.2 Å². The summed E-state index contributed by atoms with van der Waals surface area (Å²) < 4.78 is 1.86. The molecule has 2 heterocycles. The highest BCUT2D eigenvalue weighted by Gasteiger charge is 2.04. The number of hydrogen-bond donors (Lipinski definition) is 1. The summed E-state index contributed by atoms with van der Waals surface area (Å²) in [5.74, 6) is 0. The topological polar surface area (TPSA) is 56.2 Å². The quantitative estimate of drug-likeness (QED) is 0.768. The molecule has 0 saturated carbocycles. The van der Waals surface area contributed by atoms with E-state index in [1.807, 2.05) is 40.9 Å². The molecule has 0 spiro atoms. The van der Waals surface area contributed by atoms with E-state index in [9.17, 15) is 0 Å². The summed E-state index contributed by atoms with van der Waals surface area (Å²) in [7, 11) is 0. The van der Waals surface area contributed by atoms with Crippen LogP contribution in [0.5, 0.6) is 0 Å². The molecule has 0 amide bonds. The van der Waals surface area contributed by atoms with E-state index >= 15 is 0 Å². The Labute approximate surface area is 109 Å². The molecule has 1 aromatic carbocycles. The summed E-state index contributed by atoms with van der Waals surface area (Å²) in [5, 5.41) is 0.714. The molecule has 0 aliphatic heterocycles. The summed E-state index contributed by atoms with van der Waals surface area (Å²) in [6.45, 7) is 0.429. The monoisotopic (exact) mass is 258 g/mol. The number of aromatic nitrogens is 3. The second-order valence-electron chi connectivity index (χ2n) is 3.98. The van der Waals surface area contributed by atoms with Gasteiger partial charge in [0, 0.05) is 29.4 Å². The van der Waals surface area contributed by atoms with Gasteiger partial charge in [0.2, 0.25) is 0 Å². The van der Waals surface area contributed by atoms with Gasteiger partial charge in [-0.25, -0.2) is 9.97 Å². The van der Waals surface area contributed by atoms with E-state index in [1.54, 1.807) is 6.33 Å². The highest BCUT2D eigenvalue weighted by Crippen LogP contribution is 2.20. The first-order chi connectivity index (χ1) is 8.76. The average Bonchev–Trinajstić information content (AvgIpc) is 2.81. The number of fused-ring (bicyclic) bond motifs is 1. The van der Waals surface area contributed by atoms with E-state index in [1.165, 1.54) is 0 Å². The summed E-state index contributed by atoms with van der Waals surface area (Å²) in [6, 6.07) is 9.50. The van der Waals surface area contributed by atoms with Gasteiger partial charge in [0.15, 0.2) is 0 Å². The van der Waals surface area contributed by atoms with Crippen molar-refractivity contribution in [3.05, 3.63) is 53.6 Å². The maximum atomic E-state index is 5.87. The molecule has 0 unspecified atom stereocenters. The molecule has 0 fully saturated rings. The number of rotatable bonds is 2. The Morgan fingerprint density at radius 3 is 2.72 bits per heavy atom. The van der Waals surface area contributed by atoms with Gasteiger partial charge >= 0.3 is 0 Å². The van der Waals surface area contributed by atoms with Gasteiger partial charge in [-0.2, -0.15) is 0 Å². The summed E-state index contributed by atoms with van der Waals surface area (Å²) in [5.41, 5.74) is 9.15. The van der Waals surface area contributed by atoms with Crippen LogP contribution in [-0.2, 0) is 6.54 Å². The zero-order valence-electron chi connectivity index (χ0n) is 9.55. The Balaban J connectivity index is 2.09. The van der Waals surface area contributed by atoms with Crippen molar-refractivity contribution in [1.82, 2.24) is 14.4 Å². The number of nitrogens with zero attached hydrogens (tertiary/aromatic N) is 3. The summed E-state index contributed by atoms with van der Waals surface area (Å²) >= 11 is 5.87. The highest BCUT2D eigenvalue weighted by atomic mass is 35.5. The molecule has 0 saturated heterocycles. The molecule has 18 heavy (non-hydrogen) atoms. The lowest BCUT2D eigenvalue weighted by atomic mass is 10.1. The van der Waals surface area contributed by atoms with Crippen LogP contribution in [0.4, 0.5) is 0 Å². The summed E-state index contributed by atoms with van der Waals surface area (Å²) in [4.78, 5) is 8.80. The molecular weight excluding hydrogens is 248 g/mol. The van der Waals surface area contributed by atoms with Gasteiger partial charge in [-0.15, -0.1) is 0 Å². The van der Waals surface area contributed by atoms with Gasteiger partial charge in [-0.05, 0) is 12.1 Å². The van der Waals surface area contributed by atoms with Crippen molar-refractivity contribution in [2.24, 2.45) is 5.73 Å². The number of nitrogens with two attached hydrogens (primary N) is 1. The van der Waals surface area contributed by atoms with E-state index in [-0.39, 0.29) is 0 Å². The minimum absolute atomic E-state index is 0.429. The van der Waals surface area contributed by atoms with Crippen molar-refractivity contribution in [2.45, 2.75) is 6.54 Å². The standard InChI is InChI=1S/C13H11ClN4/c14-10-3-1-9(2-4-10)12-5-13-17-11(6-15)7-18(13)8-16-12/h1-5,7-8H,6,15H2. The SMILES string of the molecule is NCc1cn2cnc(-c3ccc(Cl)cc3)cc2n1. The fraction of sp³-hybridized carbons (Fsp3) is 0.0769. The minimum atomic E-state index is 0.429. The summed E-state index contributed by atoms with van der Waals surface area (Å²) in [6.07, 6.45) is 3.62. The maximum absolute atomic E-state index is 5.87. The average molecular weight is 259 g/mol. The first kappa shape index (κ1) is 11.2. The van der Waals surface area contributed by atoms with Gasteiger partial charge in [0.1, 0.15) is 12.0 Å². The molecule has 2 aromatic heterocycles. The third kappa shape index (κ3) is 1.96. The number of benzene rings is 1. The normalized spacial score (nSPS) is 11.0. The van der Waals surface area contributed by atoms with Gasteiger partial charge in [0.05, 0.1) is 11.4 Å².